The van der Waals surface area contributed by atoms with E-state index in [0.717, 1.165) is 17.2 Å². The molecule has 0 spiro atoms. The largest absolute Gasteiger partial charge is 0.508 e. The fraction of sp³-hybridized carbons (Fsp3) is 0.444. The summed E-state index contributed by atoms with van der Waals surface area (Å²) in [5, 5.41) is 25.2. The maximum absolute atomic E-state index is 13.3. The quantitative estimate of drug-likeness (QED) is 0.317. The molecule has 0 saturated heterocycles. The van der Waals surface area contributed by atoms with Crippen LogP contribution in [0.4, 0.5) is 4.79 Å². The molecular weight excluding hydrogens is 476 g/mol. The zero-order valence-electron chi connectivity index (χ0n) is 20.9. The van der Waals surface area contributed by atoms with E-state index in [1.807, 2.05) is 0 Å². The van der Waals surface area contributed by atoms with Gasteiger partial charge in [-0.2, -0.15) is 0 Å². The molecule has 4 atom stereocenters. The van der Waals surface area contributed by atoms with E-state index in [1.165, 1.54) is 0 Å². The van der Waals surface area contributed by atoms with Crippen LogP contribution in [0.5, 0.6) is 11.5 Å². The Morgan fingerprint density at radius 1 is 1.03 bits per heavy atom. The number of rotatable bonds is 8. The number of nitrogens with one attached hydrogen (secondary N) is 2. The Hall–Kier alpha value is -3.33. The second kappa shape index (κ2) is 10.3. The molecule has 3 aliphatic rings. The van der Waals surface area contributed by atoms with E-state index in [-0.39, 0.29) is 23.7 Å². The van der Waals surface area contributed by atoms with Crippen molar-refractivity contribution in [3.05, 3.63) is 59.2 Å². The normalized spacial score (nSPS) is 22.6. The summed E-state index contributed by atoms with van der Waals surface area (Å²) in [7, 11) is -1.41. The number of carbonyl (C=O) groups excluding carboxylic acids is 3. The van der Waals surface area contributed by atoms with Gasteiger partial charge in [0.1, 0.15) is 17.3 Å². The second-order valence-corrected chi connectivity index (χ2v) is 16.5. The number of carbonyl (C=O) groups is 3. The average Bonchev–Trinajstić information content (AvgIpc) is 2.79. The Morgan fingerprint density at radius 2 is 1.72 bits per heavy atom. The van der Waals surface area contributed by atoms with Gasteiger partial charge in [-0.3, -0.25) is 9.59 Å². The maximum Gasteiger partial charge on any atom is 0.315 e. The molecule has 3 aliphatic carbocycles. The Bertz CT molecular complexity index is 1140. The van der Waals surface area contributed by atoms with Gasteiger partial charge in [0, 0.05) is 27.0 Å². The number of phenols is 2. The number of hydrogen-bond donors (Lipinski definition) is 4. The molecule has 0 heterocycles. The number of Topliss-reactive ketones (excluding diaryl/α,β-unsaturated/α-hetero) is 1. The van der Waals surface area contributed by atoms with E-state index in [0.29, 0.717) is 25.1 Å². The molecule has 36 heavy (non-hydrogen) atoms. The van der Waals surface area contributed by atoms with Crippen LogP contribution in [0.25, 0.3) is 0 Å². The standard InChI is InChI=1S/C27H34N2O6Si/c1-36(2,3)13-12-35-26(33)24-21-15-22(32)23(20-14-18(31)8-9-19(20)21)25(24)29-27(34)28-11-10-16-4-6-17(30)7-5-16/h4-9,14,21,23-25,30-31H,10-13,15H2,1-3H3,(H2,28,29,34)/t21?,23-,24-,25-/m1/s1. The summed E-state index contributed by atoms with van der Waals surface area (Å²) in [6.45, 7) is 7.28. The van der Waals surface area contributed by atoms with E-state index >= 15 is 0 Å². The smallest absolute Gasteiger partial charge is 0.315 e. The van der Waals surface area contributed by atoms with E-state index < -0.39 is 43.9 Å². The number of benzene rings is 2. The van der Waals surface area contributed by atoms with E-state index in [4.69, 9.17) is 4.74 Å². The van der Waals surface area contributed by atoms with Gasteiger partial charge in [0.15, 0.2) is 0 Å². The van der Waals surface area contributed by atoms with Gasteiger partial charge >= 0.3 is 12.0 Å². The van der Waals surface area contributed by atoms with Crippen LogP contribution in [0.2, 0.25) is 25.7 Å². The van der Waals surface area contributed by atoms with Crippen molar-refractivity contribution in [2.75, 3.05) is 13.2 Å². The van der Waals surface area contributed by atoms with Crippen molar-refractivity contribution in [1.82, 2.24) is 10.6 Å². The first-order valence-corrected chi connectivity index (χ1v) is 16.1. The predicted octanol–water partition coefficient (Wildman–Crippen LogP) is 3.66. The van der Waals surface area contributed by atoms with Crippen LogP contribution in [0.1, 0.15) is 34.9 Å². The Labute approximate surface area is 212 Å². The molecule has 0 aliphatic heterocycles. The van der Waals surface area contributed by atoms with Crippen molar-refractivity contribution in [3.8, 4) is 11.5 Å². The van der Waals surface area contributed by atoms with Crippen molar-refractivity contribution in [3.63, 3.8) is 0 Å². The highest BCUT2D eigenvalue weighted by atomic mass is 28.3. The minimum atomic E-state index is -1.41. The Kier molecular flexibility index (Phi) is 7.40. The van der Waals surface area contributed by atoms with Crippen LogP contribution in [-0.2, 0) is 20.7 Å². The first kappa shape index (κ1) is 25.8. The lowest BCUT2D eigenvalue weighted by Gasteiger charge is -2.47. The van der Waals surface area contributed by atoms with Crippen LogP contribution >= 0.6 is 0 Å². The van der Waals surface area contributed by atoms with E-state index in [1.54, 1.807) is 42.5 Å². The molecule has 192 valence electrons. The molecule has 0 aromatic heterocycles. The van der Waals surface area contributed by atoms with Crippen LogP contribution in [0, 0.1) is 5.92 Å². The lowest BCUT2D eigenvalue weighted by Crippen LogP contribution is -2.59. The van der Waals surface area contributed by atoms with E-state index in [9.17, 15) is 24.6 Å². The highest BCUT2D eigenvalue weighted by Crippen LogP contribution is 2.52. The van der Waals surface area contributed by atoms with Crippen molar-refractivity contribution < 1.29 is 29.3 Å². The van der Waals surface area contributed by atoms with Crippen molar-refractivity contribution in [2.45, 2.75) is 56.4 Å². The summed E-state index contributed by atoms with van der Waals surface area (Å²) in [5.74, 6) is -2.07. The van der Waals surface area contributed by atoms with Gasteiger partial charge in [-0.15, -0.1) is 0 Å². The fourth-order valence-corrected chi connectivity index (χ4v) is 5.91. The van der Waals surface area contributed by atoms with Crippen LogP contribution in [0.3, 0.4) is 0 Å². The average molecular weight is 511 g/mol. The lowest BCUT2D eigenvalue weighted by molar-refractivity contribution is -0.152. The summed E-state index contributed by atoms with van der Waals surface area (Å²) in [5.41, 5.74) is 2.47. The molecule has 1 unspecified atom stereocenters. The monoisotopic (exact) mass is 510 g/mol. The fourth-order valence-electron chi connectivity index (χ4n) is 5.19. The van der Waals surface area contributed by atoms with Gasteiger partial charge in [-0.05, 0) is 53.4 Å². The van der Waals surface area contributed by atoms with Gasteiger partial charge in [0.05, 0.1) is 24.5 Å². The van der Waals surface area contributed by atoms with Crippen LogP contribution in [0.15, 0.2) is 42.5 Å². The topological polar surface area (TPSA) is 125 Å². The van der Waals surface area contributed by atoms with E-state index in [2.05, 4.69) is 30.3 Å². The molecule has 9 heteroatoms. The minimum absolute atomic E-state index is 0.0421. The third-order valence-corrected chi connectivity index (χ3v) is 8.76. The molecular formula is C27H34N2O6Si. The first-order valence-electron chi connectivity index (χ1n) is 12.4. The van der Waals surface area contributed by atoms with Gasteiger partial charge in [-0.25, -0.2) is 4.79 Å². The number of phenolic OH excluding ortho intramolecular Hbond substituents is 2. The highest BCUT2D eigenvalue weighted by Gasteiger charge is 2.55. The predicted molar refractivity (Wildman–Crippen MR) is 138 cm³/mol. The molecule has 2 aromatic carbocycles. The molecule has 0 radical (unpaired) electrons. The maximum atomic E-state index is 13.3. The molecule has 2 aromatic rings. The summed E-state index contributed by atoms with van der Waals surface area (Å²) in [4.78, 5) is 39.2. The summed E-state index contributed by atoms with van der Waals surface area (Å²) < 4.78 is 5.69. The number of ketones is 1. The molecule has 4 N–H and O–H groups in total. The number of hydrogen-bond acceptors (Lipinski definition) is 6. The molecule has 1 fully saturated rings. The van der Waals surface area contributed by atoms with Crippen LogP contribution in [-0.4, -0.2) is 55.3 Å². The number of fused-ring (bicyclic) bond motifs is 2. The summed E-state index contributed by atoms with van der Waals surface area (Å²) in [6.07, 6.45) is 0.763. The number of aromatic hydroxyl groups is 2. The van der Waals surface area contributed by atoms with Gasteiger partial charge in [0.25, 0.3) is 0 Å². The third-order valence-electron chi connectivity index (χ3n) is 7.05. The first-order chi connectivity index (χ1) is 17.0. The Morgan fingerprint density at radius 3 is 2.42 bits per heavy atom. The lowest BCUT2D eigenvalue weighted by atomic mass is 9.58. The van der Waals surface area contributed by atoms with Gasteiger partial charge < -0.3 is 25.6 Å². The number of esters is 1. The SMILES string of the molecule is C[Si](C)(C)CCOC(=O)[C@@H]1C2CC(=O)[C@@H](c3cc(O)ccc32)[C@H]1NC(=O)NCCc1ccc(O)cc1. The molecule has 8 nitrogen and oxygen atoms in total. The summed E-state index contributed by atoms with van der Waals surface area (Å²) in [6, 6.07) is 11.2. The second-order valence-electron chi connectivity index (χ2n) is 10.9. The Balaban J connectivity index is 1.51. The van der Waals surface area contributed by atoms with Crippen molar-refractivity contribution in [2.24, 2.45) is 5.92 Å². The van der Waals surface area contributed by atoms with Gasteiger partial charge in [0.2, 0.25) is 0 Å². The van der Waals surface area contributed by atoms with Crippen molar-refractivity contribution in [1.29, 1.82) is 0 Å². The molecule has 2 amide bonds. The minimum Gasteiger partial charge on any atom is -0.508 e. The van der Waals surface area contributed by atoms with Crippen molar-refractivity contribution >= 4 is 25.9 Å². The van der Waals surface area contributed by atoms with Gasteiger partial charge in [-0.1, -0.05) is 37.8 Å². The third kappa shape index (κ3) is 5.72. The zero-order chi connectivity index (χ0) is 26.0. The molecule has 5 rings (SSSR count). The summed E-state index contributed by atoms with van der Waals surface area (Å²) >= 11 is 0. The highest BCUT2D eigenvalue weighted by molar-refractivity contribution is 6.76. The number of amides is 2. The molecule has 1 saturated carbocycles. The zero-order valence-corrected chi connectivity index (χ0v) is 21.9. The van der Waals surface area contributed by atoms with Crippen LogP contribution < -0.4 is 10.6 Å². The number of urea groups is 1. The number of ether oxygens (including phenoxy) is 1. The molecule has 2 bridgehead atoms.